The molecular weight excluding hydrogens is 246 g/mol. The van der Waals surface area contributed by atoms with Crippen LogP contribution in [-0.2, 0) is 9.53 Å². The van der Waals surface area contributed by atoms with E-state index in [2.05, 4.69) is 15.4 Å². The number of anilines is 2. The predicted octanol–water partition coefficient (Wildman–Crippen LogP) is 0.746. The number of carbonyl (C=O) groups is 2. The minimum Gasteiger partial charge on any atom is -0.465 e. The van der Waals surface area contributed by atoms with Crippen LogP contribution in [0.15, 0.2) is 18.2 Å². The van der Waals surface area contributed by atoms with Crippen LogP contribution in [0.3, 0.4) is 0 Å². The third-order valence-corrected chi connectivity index (χ3v) is 3.09. The summed E-state index contributed by atoms with van der Waals surface area (Å²) in [4.78, 5) is 23.0. The first kappa shape index (κ1) is 13.2. The van der Waals surface area contributed by atoms with Crippen LogP contribution < -0.4 is 16.4 Å². The molecule has 1 aliphatic heterocycles. The van der Waals surface area contributed by atoms with Gasteiger partial charge in [0.2, 0.25) is 5.91 Å². The number of amides is 1. The predicted molar refractivity (Wildman–Crippen MR) is 71.8 cm³/mol. The molecule has 1 aromatic rings. The third-order valence-electron chi connectivity index (χ3n) is 3.09. The van der Waals surface area contributed by atoms with Crippen molar-refractivity contribution in [3.05, 3.63) is 23.8 Å². The van der Waals surface area contributed by atoms with Crippen LogP contribution in [0.4, 0.5) is 11.4 Å². The van der Waals surface area contributed by atoms with Gasteiger partial charge in [0.15, 0.2) is 0 Å². The van der Waals surface area contributed by atoms with E-state index in [1.165, 1.54) is 13.2 Å². The highest BCUT2D eigenvalue weighted by atomic mass is 16.5. The lowest BCUT2D eigenvalue weighted by Crippen LogP contribution is -2.44. The molecule has 1 aromatic carbocycles. The van der Waals surface area contributed by atoms with E-state index < -0.39 is 5.97 Å². The Balaban J connectivity index is 2.12. The normalized spacial score (nSPS) is 18.6. The Bertz CT molecular complexity index is 502. The summed E-state index contributed by atoms with van der Waals surface area (Å²) in [5.74, 6) is -0.462. The SMILES string of the molecule is COC(=O)c1ccc(NC2CCCNC2=O)c(N)c1. The van der Waals surface area contributed by atoms with Gasteiger partial charge in [-0.05, 0) is 31.0 Å². The molecule has 1 atom stereocenters. The second-order valence-corrected chi connectivity index (χ2v) is 4.42. The van der Waals surface area contributed by atoms with Gasteiger partial charge in [0.1, 0.15) is 6.04 Å². The summed E-state index contributed by atoms with van der Waals surface area (Å²) in [6, 6.07) is 4.56. The van der Waals surface area contributed by atoms with Gasteiger partial charge in [0, 0.05) is 6.54 Å². The number of methoxy groups -OCH3 is 1. The topological polar surface area (TPSA) is 93.5 Å². The van der Waals surface area contributed by atoms with Gasteiger partial charge in [0.25, 0.3) is 0 Å². The molecule has 1 aliphatic rings. The van der Waals surface area contributed by atoms with Gasteiger partial charge in [-0.1, -0.05) is 0 Å². The van der Waals surface area contributed by atoms with Crippen molar-refractivity contribution >= 4 is 23.3 Å². The Labute approximate surface area is 111 Å². The number of nitrogens with one attached hydrogen (secondary N) is 2. The van der Waals surface area contributed by atoms with Crippen molar-refractivity contribution in [3.63, 3.8) is 0 Å². The summed E-state index contributed by atoms with van der Waals surface area (Å²) < 4.78 is 4.62. The number of carbonyl (C=O) groups excluding carboxylic acids is 2. The number of nitrogens with two attached hydrogens (primary N) is 1. The lowest BCUT2D eigenvalue weighted by molar-refractivity contribution is -0.123. The maximum absolute atomic E-state index is 11.6. The Morgan fingerprint density at radius 3 is 2.95 bits per heavy atom. The summed E-state index contributed by atoms with van der Waals surface area (Å²) in [7, 11) is 1.32. The molecule has 1 fully saturated rings. The van der Waals surface area contributed by atoms with Crippen LogP contribution in [-0.4, -0.2) is 31.6 Å². The standard InChI is InChI=1S/C13H17N3O3/c1-19-13(18)8-4-5-10(9(14)7-8)16-11-3-2-6-15-12(11)17/h4-5,7,11,16H,2-3,6,14H2,1H3,(H,15,17). The summed E-state index contributed by atoms with van der Waals surface area (Å²) in [6.45, 7) is 0.716. The average molecular weight is 263 g/mol. The summed E-state index contributed by atoms with van der Waals surface area (Å²) in [6.07, 6.45) is 1.70. The number of ether oxygens (including phenoxy) is 1. The van der Waals surface area contributed by atoms with Crippen LogP contribution in [0.25, 0.3) is 0 Å². The van der Waals surface area contributed by atoms with E-state index in [1.54, 1.807) is 12.1 Å². The Morgan fingerprint density at radius 1 is 1.53 bits per heavy atom. The fourth-order valence-electron chi connectivity index (χ4n) is 2.04. The number of rotatable bonds is 3. The molecular formula is C13H17N3O3. The van der Waals surface area contributed by atoms with Gasteiger partial charge in [-0.3, -0.25) is 4.79 Å². The highest BCUT2D eigenvalue weighted by Gasteiger charge is 2.22. The van der Waals surface area contributed by atoms with Crippen molar-refractivity contribution in [1.29, 1.82) is 0 Å². The van der Waals surface area contributed by atoms with Crippen molar-refractivity contribution in [3.8, 4) is 0 Å². The lowest BCUT2D eigenvalue weighted by atomic mass is 10.1. The van der Waals surface area contributed by atoms with E-state index in [9.17, 15) is 9.59 Å². The monoisotopic (exact) mass is 263 g/mol. The van der Waals surface area contributed by atoms with Crippen LogP contribution >= 0.6 is 0 Å². The fourth-order valence-corrected chi connectivity index (χ4v) is 2.04. The third kappa shape index (κ3) is 2.96. The highest BCUT2D eigenvalue weighted by Crippen LogP contribution is 2.22. The van der Waals surface area contributed by atoms with E-state index >= 15 is 0 Å². The molecule has 0 spiro atoms. The molecule has 1 unspecified atom stereocenters. The van der Waals surface area contributed by atoms with Gasteiger partial charge in [0.05, 0.1) is 24.0 Å². The number of hydrogen-bond acceptors (Lipinski definition) is 5. The molecule has 1 saturated heterocycles. The molecule has 2 rings (SSSR count). The smallest absolute Gasteiger partial charge is 0.337 e. The maximum Gasteiger partial charge on any atom is 0.337 e. The van der Waals surface area contributed by atoms with Crippen LogP contribution in [0, 0.1) is 0 Å². The van der Waals surface area contributed by atoms with Crippen molar-refractivity contribution in [2.45, 2.75) is 18.9 Å². The molecule has 19 heavy (non-hydrogen) atoms. The van der Waals surface area contributed by atoms with Crippen LogP contribution in [0.5, 0.6) is 0 Å². The van der Waals surface area contributed by atoms with Gasteiger partial charge in [-0.2, -0.15) is 0 Å². The average Bonchev–Trinajstić information content (AvgIpc) is 2.42. The van der Waals surface area contributed by atoms with E-state index in [-0.39, 0.29) is 11.9 Å². The molecule has 0 aliphatic carbocycles. The molecule has 0 radical (unpaired) electrons. The molecule has 1 amide bonds. The maximum atomic E-state index is 11.6. The fraction of sp³-hybridized carbons (Fsp3) is 0.385. The first-order chi connectivity index (χ1) is 9.11. The van der Waals surface area contributed by atoms with Gasteiger partial charge >= 0.3 is 5.97 Å². The van der Waals surface area contributed by atoms with E-state index in [0.29, 0.717) is 23.5 Å². The number of piperidine rings is 1. The largest absolute Gasteiger partial charge is 0.465 e. The quantitative estimate of drug-likeness (QED) is 0.552. The molecule has 6 heteroatoms. The number of nitrogen functional groups attached to an aromatic ring is 1. The molecule has 6 nitrogen and oxygen atoms in total. The second-order valence-electron chi connectivity index (χ2n) is 4.42. The summed E-state index contributed by atoms with van der Waals surface area (Å²) in [5, 5.41) is 5.89. The van der Waals surface area contributed by atoms with E-state index in [4.69, 9.17) is 5.73 Å². The van der Waals surface area contributed by atoms with Crippen LogP contribution in [0.1, 0.15) is 23.2 Å². The van der Waals surface area contributed by atoms with E-state index in [0.717, 1.165) is 12.8 Å². The zero-order valence-electron chi connectivity index (χ0n) is 10.7. The van der Waals surface area contributed by atoms with Crippen molar-refractivity contribution in [1.82, 2.24) is 5.32 Å². The molecule has 4 N–H and O–H groups in total. The van der Waals surface area contributed by atoms with Crippen LogP contribution in [0.2, 0.25) is 0 Å². The molecule has 0 aromatic heterocycles. The van der Waals surface area contributed by atoms with Gasteiger partial charge < -0.3 is 21.1 Å². The molecule has 1 heterocycles. The Hall–Kier alpha value is -2.24. The lowest BCUT2D eigenvalue weighted by Gasteiger charge is -2.24. The molecule has 0 saturated carbocycles. The minimum absolute atomic E-state index is 0.0253. The number of esters is 1. The summed E-state index contributed by atoms with van der Waals surface area (Å²) >= 11 is 0. The first-order valence-electron chi connectivity index (χ1n) is 6.14. The zero-order valence-corrected chi connectivity index (χ0v) is 10.7. The summed E-state index contributed by atoms with van der Waals surface area (Å²) in [5.41, 5.74) is 7.33. The first-order valence-corrected chi connectivity index (χ1v) is 6.14. The van der Waals surface area contributed by atoms with Gasteiger partial charge in [-0.15, -0.1) is 0 Å². The van der Waals surface area contributed by atoms with Crippen molar-refractivity contribution in [2.75, 3.05) is 24.7 Å². The zero-order chi connectivity index (χ0) is 13.8. The van der Waals surface area contributed by atoms with E-state index in [1.807, 2.05) is 0 Å². The number of hydrogen-bond donors (Lipinski definition) is 3. The minimum atomic E-state index is -0.436. The van der Waals surface area contributed by atoms with Gasteiger partial charge in [-0.25, -0.2) is 4.79 Å². The second kappa shape index (κ2) is 5.60. The number of benzene rings is 1. The Kier molecular flexibility index (Phi) is 3.89. The van der Waals surface area contributed by atoms with Crippen molar-refractivity contribution in [2.24, 2.45) is 0 Å². The Morgan fingerprint density at radius 2 is 2.32 bits per heavy atom. The van der Waals surface area contributed by atoms with Crippen molar-refractivity contribution < 1.29 is 14.3 Å². The highest BCUT2D eigenvalue weighted by molar-refractivity contribution is 5.92. The molecule has 0 bridgehead atoms. The molecule has 102 valence electrons.